The third kappa shape index (κ3) is 6.61. The van der Waals surface area contributed by atoms with Crippen molar-refractivity contribution in [2.24, 2.45) is 0 Å². The number of nitrogens with zero attached hydrogens (tertiary/aromatic N) is 1. The Balaban J connectivity index is 1.78. The van der Waals surface area contributed by atoms with Crippen molar-refractivity contribution < 1.29 is 33.5 Å². The number of para-hydroxylation sites is 2. The number of hydrogen-bond donors (Lipinski definition) is 1. The zero-order valence-corrected chi connectivity index (χ0v) is 15.5. The van der Waals surface area contributed by atoms with Gasteiger partial charge in [0, 0.05) is 11.8 Å². The third-order valence-electron chi connectivity index (χ3n) is 3.45. The number of anilines is 1. The summed E-state index contributed by atoms with van der Waals surface area (Å²) in [6.45, 7) is 0.787. The van der Waals surface area contributed by atoms with Gasteiger partial charge in [-0.25, -0.2) is 9.59 Å². The van der Waals surface area contributed by atoms with Crippen LogP contribution in [0, 0.1) is 10.1 Å². The molecular formula is C19H18N2O8. The number of benzene rings is 2. The molecule has 10 heteroatoms. The van der Waals surface area contributed by atoms with Crippen LogP contribution in [-0.2, 0) is 19.1 Å². The van der Waals surface area contributed by atoms with E-state index >= 15 is 0 Å². The zero-order chi connectivity index (χ0) is 21.2. The van der Waals surface area contributed by atoms with Crippen LogP contribution in [0.15, 0.2) is 48.5 Å². The van der Waals surface area contributed by atoms with Gasteiger partial charge in [0.25, 0.3) is 5.91 Å². The standard InChI is InChI=1S/C19H18N2O8/c1-2-27-19(24)13-7-9-14(10-8-13)20-17(22)11-29-18(23)12-28-16-6-4-3-5-15(16)21(25)26/h3-10H,2,11-12H2,1H3,(H,20,22). The van der Waals surface area contributed by atoms with Crippen LogP contribution in [0.1, 0.15) is 17.3 Å². The summed E-state index contributed by atoms with van der Waals surface area (Å²) in [5, 5.41) is 13.4. The first kappa shape index (κ1) is 21.4. The van der Waals surface area contributed by atoms with Gasteiger partial charge in [-0.1, -0.05) is 12.1 Å². The minimum absolute atomic E-state index is 0.0828. The number of esters is 2. The van der Waals surface area contributed by atoms with E-state index in [-0.39, 0.29) is 18.0 Å². The highest BCUT2D eigenvalue weighted by molar-refractivity contribution is 5.94. The summed E-state index contributed by atoms with van der Waals surface area (Å²) in [6, 6.07) is 11.5. The van der Waals surface area contributed by atoms with Gasteiger partial charge in [-0.2, -0.15) is 0 Å². The topological polar surface area (TPSA) is 134 Å². The van der Waals surface area contributed by atoms with Gasteiger partial charge in [-0.3, -0.25) is 14.9 Å². The van der Waals surface area contributed by atoms with Gasteiger partial charge in [-0.15, -0.1) is 0 Å². The van der Waals surface area contributed by atoms with E-state index < -0.39 is 36.0 Å². The second-order valence-corrected chi connectivity index (χ2v) is 5.52. The fourth-order valence-electron chi connectivity index (χ4n) is 2.16. The normalized spacial score (nSPS) is 9.97. The average molecular weight is 402 g/mol. The van der Waals surface area contributed by atoms with E-state index in [0.717, 1.165) is 0 Å². The Morgan fingerprint density at radius 1 is 1.00 bits per heavy atom. The summed E-state index contributed by atoms with van der Waals surface area (Å²) in [5.74, 6) is -2.03. The van der Waals surface area contributed by atoms with E-state index in [0.29, 0.717) is 11.3 Å². The highest BCUT2D eigenvalue weighted by Crippen LogP contribution is 2.25. The Labute approximate surface area is 165 Å². The number of ether oxygens (including phenoxy) is 3. The van der Waals surface area contributed by atoms with Crippen molar-refractivity contribution in [1.29, 1.82) is 0 Å². The van der Waals surface area contributed by atoms with E-state index in [1.54, 1.807) is 6.92 Å². The molecule has 0 aliphatic heterocycles. The molecule has 2 rings (SSSR count). The van der Waals surface area contributed by atoms with Crippen molar-refractivity contribution in [2.75, 3.05) is 25.1 Å². The predicted molar refractivity (Wildman–Crippen MR) is 101 cm³/mol. The molecule has 2 aromatic carbocycles. The van der Waals surface area contributed by atoms with Crippen molar-refractivity contribution in [2.45, 2.75) is 6.92 Å². The first-order valence-electron chi connectivity index (χ1n) is 8.49. The van der Waals surface area contributed by atoms with Gasteiger partial charge in [-0.05, 0) is 37.3 Å². The minimum Gasteiger partial charge on any atom is -0.475 e. The Morgan fingerprint density at radius 2 is 1.69 bits per heavy atom. The van der Waals surface area contributed by atoms with E-state index in [9.17, 15) is 24.5 Å². The van der Waals surface area contributed by atoms with E-state index in [2.05, 4.69) is 5.32 Å². The number of hydrogen-bond acceptors (Lipinski definition) is 8. The van der Waals surface area contributed by atoms with Gasteiger partial charge >= 0.3 is 17.6 Å². The molecule has 1 N–H and O–H groups in total. The van der Waals surface area contributed by atoms with Crippen molar-refractivity contribution >= 4 is 29.2 Å². The molecule has 0 aromatic heterocycles. The van der Waals surface area contributed by atoms with Crippen molar-refractivity contribution in [3.63, 3.8) is 0 Å². The number of nitro groups is 1. The number of rotatable bonds is 9. The van der Waals surface area contributed by atoms with Crippen LogP contribution in [0.5, 0.6) is 5.75 Å². The first-order valence-corrected chi connectivity index (χ1v) is 8.49. The molecule has 0 unspecified atom stereocenters. The highest BCUT2D eigenvalue weighted by atomic mass is 16.6. The number of nitro benzene ring substituents is 1. The van der Waals surface area contributed by atoms with Crippen LogP contribution in [-0.4, -0.2) is 42.6 Å². The Bertz CT molecular complexity index is 895. The lowest BCUT2D eigenvalue weighted by molar-refractivity contribution is -0.385. The monoisotopic (exact) mass is 402 g/mol. The largest absolute Gasteiger partial charge is 0.475 e. The number of nitrogens with one attached hydrogen (secondary N) is 1. The molecule has 1 amide bonds. The van der Waals surface area contributed by atoms with Crippen LogP contribution in [0.3, 0.4) is 0 Å². The summed E-state index contributed by atoms with van der Waals surface area (Å²) in [6.07, 6.45) is 0. The predicted octanol–water partition coefficient (Wildman–Crippen LogP) is 2.33. The molecule has 0 bridgehead atoms. The van der Waals surface area contributed by atoms with Crippen LogP contribution < -0.4 is 10.1 Å². The smallest absolute Gasteiger partial charge is 0.344 e. The van der Waals surface area contributed by atoms with Crippen LogP contribution in [0.4, 0.5) is 11.4 Å². The van der Waals surface area contributed by atoms with E-state index in [1.807, 2.05) is 0 Å². The quantitative estimate of drug-likeness (QED) is 0.384. The summed E-state index contributed by atoms with van der Waals surface area (Å²) >= 11 is 0. The summed E-state index contributed by atoms with van der Waals surface area (Å²) in [5.41, 5.74) is 0.447. The molecule has 0 atom stereocenters. The molecule has 10 nitrogen and oxygen atoms in total. The van der Waals surface area contributed by atoms with E-state index in [4.69, 9.17) is 14.2 Å². The maximum absolute atomic E-state index is 11.8. The molecule has 152 valence electrons. The lowest BCUT2D eigenvalue weighted by atomic mass is 10.2. The van der Waals surface area contributed by atoms with Crippen molar-refractivity contribution in [3.8, 4) is 5.75 Å². The summed E-state index contributed by atoms with van der Waals surface area (Å²) in [7, 11) is 0. The molecule has 0 saturated carbocycles. The number of amides is 1. The molecule has 0 radical (unpaired) electrons. The molecular weight excluding hydrogens is 384 g/mol. The summed E-state index contributed by atoms with van der Waals surface area (Å²) < 4.78 is 14.7. The fraction of sp³-hybridized carbons (Fsp3) is 0.211. The summed E-state index contributed by atoms with van der Waals surface area (Å²) in [4.78, 5) is 45.3. The maximum Gasteiger partial charge on any atom is 0.344 e. The second-order valence-electron chi connectivity index (χ2n) is 5.52. The fourth-order valence-corrected chi connectivity index (χ4v) is 2.16. The molecule has 0 aliphatic carbocycles. The molecule has 0 saturated heterocycles. The maximum atomic E-state index is 11.8. The highest BCUT2D eigenvalue weighted by Gasteiger charge is 2.16. The molecule has 0 aliphatic rings. The third-order valence-corrected chi connectivity index (χ3v) is 3.45. The van der Waals surface area contributed by atoms with Gasteiger partial charge < -0.3 is 19.5 Å². The van der Waals surface area contributed by atoms with E-state index in [1.165, 1.54) is 48.5 Å². The Morgan fingerprint density at radius 3 is 2.34 bits per heavy atom. The van der Waals surface area contributed by atoms with Crippen molar-refractivity contribution in [1.82, 2.24) is 0 Å². The SMILES string of the molecule is CCOC(=O)c1ccc(NC(=O)COC(=O)COc2ccccc2[N+](=O)[O-])cc1. The van der Waals surface area contributed by atoms with Crippen LogP contribution in [0.2, 0.25) is 0 Å². The molecule has 0 spiro atoms. The number of carbonyl (C=O) groups is 3. The van der Waals surface area contributed by atoms with Gasteiger partial charge in [0.1, 0.15) is 0 Å². The Hall–Kier alpha value is -3.95. The lowest BCUT2D eigenvalue weighted by Gasteiger charge is -2.08. The minimum atomic E-state index is -0.865. The van der Waals surface area contributed by atoms with Crippen LogP contribution >= 0.6 is 0 Å². The average Bonchev–Trinajstić information content (AvgIpc) is 2.71. The number of carbonyl (C=O) groups excluding carboxylic acids is 3. The van der Waals surface area contributed by atoms with Gasteiger partial charge in [0.05, 0.1) is 17.1 Å². The Kier molecular flexibility index (Phi) is 7.66. The second kappa shape index (κ2) is 10.4. The van der Waals surface area contributed by atoms with Gasteiger partial charge in [0.15, 0.2) is 19.0 Å². The molecule has 0 fully saturated rings. The molecule has 29 heavy (non-hydrogen) atoms. The molecule has 0 heterocycles. The van der Waals surface area contributed by atoms with Gasteiger partial charge in [0.2, 0.25) is 0 Å². The lowest BCUT2D eigenvalue weighted by Crippen LogP contribution is -2.23. The zero-order valence-electron chi connectivity index (χ0n) is 15.5. The van der Waals surface area contributed by atoms with Crippen molar-refractivity contribution in [3.05, 3.63) is 64.2 Å². The van der Waals surface area contributed by atoms with Crippen LogP contribution in [0.25, 0.3) is 0 Å². The first-order chi connectivity index (χ1) is 13.9. The molecule has 2 aromatic rings.